The number of carbonyl (C=O) groups excluding carboxylic acids is 2. The molecule has 160 valence electrons. The zero-order chi connectivity index (χ0) is 21.6. The van der Waals surface area contributed by atoms with Crippen LogP contribution in [0.25, 0.3) is 0 Å². The molecule has 2 amide bonds. The minimum Gasteiger partial charge on any atom is -0.484 e. The van der Waals surface area contributed by atoms with Gasteiger partial charge in [0.15, 0.2) is 6.61 Å². The molecule has 1 fully saturated rings. The van der Waals surface area contributed by atoms with Crippen molar-refractivity contribution in [1.82, 2.24) is 4.31 Å². The molecule has 0 saturated carbocycles. The highest BCUT2D eigenvalue weighted by atomic mass is 32.2. The Kier molecular flexibility index (Phi) is 7.07. The van der Waals surface area contributed by atoms with E-state index in [0.717, 1.165) is 19.3 Å². The van der Waals surface area contributed by atoms with E-state index in [2.05, 4.69) is 10.6 Å². The van der Waals surface area contributed by atoms with Crippen LogP contribution in [0.1, 0.15) is 26.2 Å². The van der Waals surface area contributed by atoms with Crippen molar-refractivity contribution in [1.29, 1.82) is 0 Å². The van der Waals surface area contributed by atoms with E-state index in [1.54, 1.807) is 36.4 Å². The van der Waals surface area contributed by atoms with Crippen molar-refractivity contribution in [3.05, 3.63) is 48.5 Å². The van der Waals surface area contributed by atoms with Gasteiger partial charge in [0.05, 0.1) is 4.90 Å². The number of nitrogens with one attached hydrogen (secondary N) is 2. The van der Waals surface area contributed by atoms with Crippen LogP contribution >= 0.6 is 0 Å². The van der Waals surface area contributed by atoms with E-state index in [4.69, 9.17) is 4.74 Å². The standard InChI is InChI=1S/C21H25N3O5S/c1-16(25)22-17-8-10-19(11-9-17)29-15-21(26)23-18-6-5-7-20(14-18)30(27,28)24-12-3-2-4-13-24/h5-11,14H,2-4,12-13,15H2,1H3,(H,22,25)(H,23,26). The van der Waals surface area contributed by atoms with Gasteiger partial charge in [0, 0.05) is 31.4 Å². The van der Waals surface area contributed by atoms with Crippen LogP contribution in [0.3, 0.4) is 0 Å². The van der Waals surface area contributed by atoms with Gasteiger partial charge in [0.2, 0.25) is 15.9 Å². The molecule has 0 spiro atoms. The van der Waals surface area contributed by atoms with Gasteiger partial charge in [-0.1, -0.05) is 12.5 Å². The molecule has 1 aliphatic rings. The summed E-state index contributed by atoms with van der Waals surface area (Å²) in [6, 6.07) is 12.9. The van der Waals surface area contributed by atoms with Gasteiger partial charge in [-0.2, -0.15) is 4.31 Å². The fourth-order valence-electron chi connectivity index (χ4n) is 3.17. The SMILES string of the molecule is CC(=O)Nc1ccc(OCC(=O)Nc2cccc(S(=O)(=O)N3CCCCC3)c2)cc1. The molecule has 0 radical (unpaired) electrons. The summed E-state index contributed by atoms with van der Waals surface area (Å²) in [5.74, 6) is -0.110. The van der Waals surface area contributed by atoms with Crippen LogP contribution in [0.15, 0.2) is 53.4 Å². The fraction of sp³-hybridized carbons (Fsp3) is 0.333. The number of sulfonamides is 1. The third kappa shape index (κ3) is 5.80. The summed E-state index contributed by atoms with van der Waals surface area (Å²) >= 11 is 0. The normalized spacial score (nSPS) is 14.7. The van der Waals surface area contributed by atoms with Crippen molar-refractivity contribution >= 4 is 33.2 Å². The third-order valence-electron chi connectivity index (χ3n) is 4.62. The van der Waals surface area contributed by atoms with E-state index in [-0.39, 0.29) is 17.4 Å². The van der Waals surface area contributed by atoms with Crippen molar-refractivity contribution in [2.24, 2.45) is 0 Å². The summed E-state index contributed by atoms with van der Waals surface area (Å²) in [4.78, 5) is 23.4. The van der Waals surface area contributed by atoms with E-state index in [0.29, 0.717) is 30.2 Å². The Balaban J connectivity index is 1.58. The number of benzene rings is 2. The van der Waals surface area contributed by atoms with Gasteiger partial charge in [-0.25, -0.2) is 8.42 Å². The number of hydrogen-bond acceptors (Lipinski definition) is 5. The summed E-state index contributed by atoms with van der Waals surface area (Å²) in [5, 5.41) is 5.31. The Morgan fingerprint density at radius 2 is 1.67 bits per heavy atom. The Hall–Kier alpha value is -2.91. The number of nitrogens with zero attached hydrogens (tertiary/aromatic N) is 1. The largest absolute Gasteiger partial charge is 0.484 e. The average Bonchev–Trinajstić information content (AvgIpc) is 2.74. The molecule has 2 aromatic rings. The van der Waals surface area contributed by atoms with Gasteiger partial charge in [0.1, 0.15) is 5.75 Å². The van der Waals surface area contributed by atoms with E-state index in [1.807, 2.05) is 0 Å². The van der Waals surface area contributed by atoms with Crippen LogP contribution in [0.4, 0.5) is 11.4 Å². The smallest absolute Gasteiger partial charge is 0.262 e. The lowest BCUT2D eigenvalue weighted by atomic mass is 10.2. The van der Waals surface area contributed by atoms with Gasteiger partial charge in [-0.15, -0.1) is 0 Å². The Labute approximate surface area is 176 Å². The highest BCUT2D eigenvalue weighted by Crippen LogP contribution is 2.23. The topological polar surface area (TPSA) is 105 Å². The van der Waals surface area contributed by atoms with Gasteiger partial charge in [-0.05, 0) is 55.3 Å². The number of rotatable bonds is 7. The van der Waals surface area contributed by atoms with Gasteiger partial charge in [-0.3, -0.25) is 9.59 Å². The summed E-state index contributed by atoms with van der Waals surface area (Å²) in [5.41, 5.74) is 1.02. The molecule has 30 heavy (non-hydrogen) atoms. The van der Waals surface area contributed by atoms with Crippen molar-refractivity contribution < 1.29 is 22.7 Å². The van der Waals surface area contributed by atoms with Crippen LogP contribution in [-0.2, 0) is 19.6 Å². The first-order valence-corrected chi connectivity index (χ1v) is 11.2. The second-order valence-electron chi connectivity index (χ2n) is 7.03. The summed E-state index contributed by atoms with van der Waals surface area (Å²) in [6.45, 7) is 2.23. The van der Waals surface area contributed by atoms with Gasteiger partial charge >= 0.3 is 0 Å². The highest BCUT2D eigenvalue weighted by Gasteiger charge is 2.26. The van der Waals surface area contributed by atoms with Crippen molar-refractivity contribution in [3.63, 3.8) is 0 Å². The molecule has 0 unspecified atom stereocenters. The van der Waals surface area contributed by atoms with Crippen molar-refractivity contribution in [2.75, 3.05) is 30.3 Å². The molecule has 9 heteroatoms. The lowest BCUT2D eigenvalue weighted by Gasteiger charge is -2.26. The second kappa shape index (κ2) is 9.73. The minimum atomic E-state index is -3.57. The Morgan fingerprint density at radius 3 is 2.33 bits per heavy atom. The van der Waals surface area contributed by atoms with Crippen LogP contribution in [0.5, 0.6) is 5.75 Å². The minimum absolute atomic E-state index is 0.164. The molecule has 1 aliphatic heterocycles. The predicted octanol–water partition coefficient (Wildman–Crippen LogP) is 2.84. The highest BCUT2D eigenvalue weighted by molar-refractivity contribution is 7.89. The van der Waals surface area contributed by atoms with E-state index >= 15 is 0 Å². The third-order valence-corrected chi connectivity index (χ3v) is 6.51. The quantitative estimate of drug-likeness (QED) is 0.701. The molecule has 1 heterocycles. The lowest BCUT2D eigenvalue weighted by molar-refractivity contribution is -0.118. The molecule has 0 bridgehead atoms. The maximum absolute atomic E-state index is 12.8. The Bertz CT molecular complexity index is 1000. The number of carbonyl (C=O) groups is 2. The average molecular weight is 432 g/mol. The van der Waals surface area contributed by atoms with Crippen LogP contribution in [0, 0.1) is 0 Å². The van der Waals surface area contributed by atoms with Crippen molar-refractivity contribution in [3.8, 4) is 5.75 Å². The van der Waals surface area contributed by atoms with Gasteiger partial charge in [0.25, 0.3) is 5.91 Å². The predicted molar refractivity (Wildman–Crippen MR) is 114 cm³/mol. The number of piperidine rings is 1. The molecule has 3 rings (SSSR count). The van der Waals surface area contributed by atoms with Gasteiger partial charge < -0.3 is 15.4 Å². The van der Waals surface area contributed by atoms with E-state index < -0.39 is 15.9 Å². The summed E-state index contributed by atoms with van der Waals surface area (Å²) in [6.07, 6.45) is 2.76. The zero-order valence-corrected chi connectivity index (χ0v) is 17.6. The molecular weight excluding hydrogens is 406 g/mol. The number of ether oxygens (including phenoxy) is 1. The molecule has 2 N–H and O–H groups in total. The molecule has 0 atom stereocenters. The molecule has 1 saturated heterocycles. The van der Waals surface area contributed by atoms with Crippen molar-refractivity contribution in [2.45, 2.75) is 31.1 Å². The number of amides is 2. The van der Waals surface area contributed by atoms with E-state index in [9.17, 15) is 18.0 Å². The molecule has 0 aliphatic carbocycles. The number of anilines is 2. The maximum atomic E-state index is 12.8. The lowest BCUT2D eigenvalue weighted by Crippen LogP contribution is -2.35. The number of hydrogen-bond donors (Lipinski definition) is 2. The molecular formula is C21H25N3O5S. The Morgan fingerprint density at radius 1 is 0.967 bits per heavy atom. The first-order valence-electron chi connectivity index (χ1n) is 9.75. The first-order chi connectivity index (χ1) is 14.3. The van der Waals surface area contributed by atoms with Crippen LogP contribution in [-0.4, -0.2) is 44.2 Å². The molecule has 0 aromatic heterocycles. The fourth-order valence-corrected chi connectivity index (χ4v) is 4.74. The summed E-state index contributed by atoms with van der Waals surface area (Å²) < 4.78 is 32.5. The zero-order valence-electron chi connectivity index (χ0n) is 16.8. The van der Waals surface area contributed by atoms with Crippen LogP contribution in [0.2, 0.25) is 0 Å². The summed E-state index contributed by atoms with van der Waals surface area (Å²) in [7, 11) is -3.57. The first kappa shape index (κ1) is 21.8. The molecule has 8 nitrogen and oxygen atoms in total. The van der Waals surface area contributed by atoms with E-state index in [1.165, 1.54) is 23.4 Å². The second-order valence-corrected chi connectivity index (χ2v) is 8.97. The molecule has 2 aromatic carbocycles. The van der Waals surface area contributed by atoms with Crippen LogP contribution < -0.4 is 15.4 Å². The monoisotopic (exact) mass is 431 g/mol. The maximum Gasteiger partial charge on any atom is 0.262 e.